The van der Waals surface area contributed by atoms with Gasteiger partial charge in [-0.05, 0) is 48.8 Å². The van der Waals surface area contributed by atoms with E-state index < -0.39 is 0 Å². The number of rotatable bonds is 17. The van der Waals surface area contributed by atoms with E-state index in [4.69, 9.17) is 4.74 Å². The van der Waals surface area contributed by atoms with Crippen LogP contribution in [-0.4, -0.2) is 16.8 Å². The number of aryl methyl sites for hydroxylation is 1. The van der Waals surface area contributed by atoms with E-state index in [0.717, 1.165) is 42.2 Å². The first-order valence-corrected chi connectivity index (χ1v) is 14.9. The van der Waals surface area contributed by atoms with Crippen molar-refractivity contribution in [1.29, 1.82) is 0 Å². The first-order valence-electron chi connectivity index (χ1n) is 14.9. The van der Waals surface area contributed by atoms with E-state index >= 15 is 0 Å². The quantitative estimate of drug-likeness (QED) is 0.204. The highest BCUT2D eigenvalue weighted by Crippen LogP contribution is 2.34. The van der Waals surface area contributed by atoms with Crippen LogP contribution in [0, 0.1) is 17.7 Å². The van der Waals surface area contributed by atoms with E-state index in [-0.39, 0.29) is 5.82 Å². The van der Waals surface area contributed by atoms with Crippen molar-refractivity contribution in [2.75, 3.05) is 6.61 Å². The van der Waals surface area contributed by atoms with Gasteiger partial charge >= 0.3 is 0 Å². The van der Waals surface area contributed by atoms with Crippen molar-refractivity contribution >= 4 is 0 Å². The first kappa shape index (κ1) is 28.6. The van der Waals surface area contributed by atoms with Crippen molar-refractivity contribution in [1.82, 2.24) is 10.2 Å². The molecule has 0 atom stereocenters. The number of ether oxygens (including phenoxy) is 1. The van der Waals surface area contributed by atoms with Gasteiger partial charge in [-0.25, -0.2) is 4.39 Å². The molecule has 1 fully saturated rings. The molecule has 3 nitrogen and oxygen atoms in total. The monoisotopic (exact) mass is 496 g/mol. The summed E-state index contributed by atoms with van der Waals surface area (Å²) in [6, 6.07) is 9.24. The van der Waals surface area contributed by atoms with Crippen molar-refractivity contribution in [3.8, 4) is 17.1 Å². The molecule has 1 saturated carbocycles. The molecule has 0 saturated heterocycles. The van der Waals surface area contributed by atoms with Crippen LogP contribution in [0.3, 0.4) is 0 Å². The van der Waals surface area contributed by atoms with Crippen LogP contribution in [0.25, 0.3) is 11.3 Å². The zero-order chi connectivity index (χ0) is 25.4. The van der Waals surface area contributed by atoms with Gasteiger partial charge in [0.1, 0.15) is 5.82 Å². The Morgan fingerprint density at radius 1 is 0.750 bits per heavy atom. The predicted octanol–water partition coefficient (Wildman–Crippen LogP) is 9.73. The molecule has 1 heterocycles. The lowest BCUT2D eigenvalue weighted by Gasteiger charge is -2.28. The molecule has 0 aliphatic heterocycles. The average molecular weight is 497 g/mol. The number of unbranched alkanes of at least 4 members (excludes halogenated alkanes) is 8. The van der Waals surface area contributed by atoms with Gasteiger partial charge < -0.3 is 4.74 Å². The van der Waals surface area contributed by atoms with Gasteiger partial charge in [0.2, 0.25) is 5.88 Å². The Labute approximate surface area is 219 Å². The summed E-state index contributed by atoms with van der Waals surface area (Å²) in [4.78, 5) is 0. The highest BCUT2D eigenvalue weighted by molar-refractivity contribution is 5.59. The summed E-state index contributed by atoms with van der Waals surface area (Å²) in [5, 5.41) is 8.45. The Morgan fingerprint density at radius 2 is 1.42 bits per heavy atom. The molecule has 1 aromatic carbocycles. The third kappa shape index (κ3) is 10.2. The van der Waals surface area contributed by atoms with Crippen LogP contribution >= 0.6 is 0 Å². The van der Waals surface area contributed by atoms with Gasteiger partial charge in [0.15, 0.2) is 0 Å². The molecule has 200 valence electrons. The molecule has 1 aliphatic rings. The lowest BCUT2D eigenvalue weighted by molar-refractivity contribution is 0.248. The van der Waals surface area contributed by atoms with E-state index in [1.54, 1.807) is 6.07 Å². The van der Waals surface area contributed by atoms with Gasteiger partial charge in [-0.2, -0.15) is 0 Å². The minimum Gasteiger partial charge on any atom is -0.477 e. The lowest BCUT2D eigenvalue weighted by atomic mass is 9.77. The molecule has 0 unspecified atom stereocenters. The fourth-order valence-corrected chi connectivity index (χ4v) is 5.55. The number of hydrogen-bond acceptors (Lipinski definition) is 3. The van der Waals surface area contributed by atoms with Gasteiger partial charge in [0.25, 0.3) is 0 Å². The summed E-state index contributed by atoms with van der Waals surface area (Å²) in [7, 11) is 0. The summed E-state index contributed by atoms with van der Waals surface area (Å²) < 4.78 is 20.6. The van der Waals surface area contributed by atoms with E-state index in [1.807, 2.05) is 24.3 Å². The standard InChI is InChI=1S/C32H49FN2O/c1-3-5-7-9-11-13-26-14-16-27(17-15-26)18-19-28-20-21-29(25-30(28)33)31-22-23-32(35-34-31)36-24-12-10-8-6-4-2/h20-23,25-27H,3-19,24H2,1-2H3. The fourth-order valence-electron chi connectivity index (χ4n) is 5.55. The highest BCUT2D eigenvalue weighted by atomic mass is 19.1. The lowest BCUT2D eigenvalue weighted by Crippen LogP contribution is -2.15. The number of halogens is 1. The van der Waals surface area contributed by atoms with Crippen LogP contribution in [0.2, 0.25) is 0 Å². The van der Waals surface area contributed by atoms with Crippen molar-refractivity contribution in [3.05, 3.63) is 41.7 Å². The van der Waals surface area contributed by atoms with Crippen LogP contribution in [0.1, 0.15) is 122 Å². The summed E-state index contributed by atoms with van der Waals surface area (Å²) in [5.74, 6) is 2.10. The average Bonchev–Trinajstić information content (AvgIpc) is 2.91. The van der Waals surface area contributed by atoms with Crippen molar-refractivity contribution in [2.45, 2.75) is 123 Å². The molecule has 1 aliphatic carbocycles. The highest BCUT2D eigenvalue weighted by Gasteiger charge is 2.21. The van der Waals surface area contributed by atoms with Crippen LogP contribution in [0.4, 0.5) is 4.39 Å². The molecule has 0 spiro atoms. The van der Waals surface area contributed by atoms with Gasteiger partial charge in [-0.15, -0.1) is 10.2 Å². The molecule has 0 amide bonds. The SMILES string of the molecule is CCCCCCCOc1ccc(-c2ccc(CCC3CCC(CCCCCCC)CC3)c(F)c2)nn1. The zero-order valence-corrected chi connectivity index (χ0v) is 23.0. The number of aromatic nitrogens is 2. The molecular weight excluding hydrogens is 447 g/mol. The van der Waals surface area contributed by atoms with Gasteiger partial charge in [-0.1, -0.05) is 116 Å². The topological polar surface area (TPSA) is 35.0 Å². The Balaban J connectivity index is 1.37. The first-order chi connectivity index (χ1) is 17.7. The zero-order valence-electron chi connectivity index (χ0n) is 23.0. The Kier molecular flexibility index (Phi) is 13.3. The van der Waals surface area contributed by atoms with Gasteiger partial charge in [-0.3, -0.25) is 0 Å². The molecule has 1 aromatic heterocycles. The van der Waals surface area contributed by atoms with Crippen LogP contribution in [0.15, 0.2) is 30.3 Å². The maximum absolute atomic E-state index is 14.9. The molecule has 0 radical (unpaired) electrons. The summed E-state index contributed by atoms with van der Waals surface area (Å²) >= 11 is 0. The van der Waals surface area contributed by atoms with E-state index in [1.165, 1.54) is 89.9 Å². The minimum atomic E-state index is -0.123. The molecular formula is C32H49FN2O. The number of nitrogens with zero attached hydrogens (tertiary/aromatic N) is 2. The largest absolute Gasteiger partial charge is 0.477 e. The Hall–Kier alpha value is -1.97. The van der Waals surface area contributed by atoms with Crippen molar-refractivity contribution < 1.29 is 9.13 Å². The molecule has 0 bridgehead atoms. The van der Waals surface area contributed by atoms with Crippen LogP contribution in [-0.2, 0) is 6.42 Å². The smallest absolute Gasteiger partial charge is 0.233 e. The third-order valence-electron chi connectivity index (χ3n) is 7.99. The van der Waals surface area contributed by atoms with Gasteiger partial charge in [0, 0.05) is 11.6 Å². The predicted molar refractivity (Wildman–Crippen MR) is 149 cm³/mol. The maximum Gasteiger partial charge on any atom is 0.233 e. The second-order valence-electron chi connectivity index (χ2n) is 11.0. The van der Waals surface area contributed by atoms with E-state index in [2.05, 4.69) is 24.0 Å². The molecule has 4 heteroatoms. The van der Waals surface area contributed by atoms with Gasteiger partial charge in [0.05, 0.1) is 12.3 Å². The fraction of sp³-hybridized carbons (Fsp3) is 0.688. The van der Waals surface area contributed by atoms with Crippen LogP contribution < -0.4 is 4.74 Å². The summed E-state index contributed by atoms with van der Waals surface area (Å²) in [6.45, 7) is 5.17. The van der Waals surface area contributed by atoms with Crippen molar-refractivity contribution in [2.24, 2.45) is 11.8 Å². The van der Waals surface area contributed by atoms with Crippen LogP contribution in [0.5, 0.6) is 5.88 Å². The third-order valence-corrected chi connectivity index (χ3v) is 7.99. The summed E-state index contributed by atoms with van der Waals surface area (Å²) in [5.41, 5.74) is 2.28. The molecule has 36 heavy (non-hydrogen) atoms. The summed E-state index contributed by atoms with van der Waals surface area (Å²) in [6.07, 6.45) is 21.7. The second kappa shape index (κ2) is 16.7. The van der Waals surface area contributed by atoms with Crippen molar-refractivity contribution in [3.63, 3.8) is 0 Å². The minimum absolute atomic E-state index is 0.123. The maximum atomic E-state index is 14.9. The molecule has 3 rings (SSSR count). The van der Waals surface area contributed by atoms with E-state index in [9.17, 15) is 4.39 Å². The van der Waals surface area contributed by atoms with E-state index in [0.29, 0.717) is 18.2 Å². The Bertz CT molecular complexity index is 846. The Morgan fingerprint density at radius 3 is 2.06 bits per heavy atom. The second-order valence-corrected chi connectivity index (χ2v) is 11.0. The normalized spacial score (nSPS) is 17.9. The molecule has 0 N–H and O–H groups in total. The number of benzene rings is 1. The molecule has 2 aromatic rings. The number of hydrogen-bond donors (Lipinski definition) is 0.